The number of nitrogens with two attached hydrogens (primary N) is 1. The molecule has 0 radical (unpaired) electrons. The number of benzene rings is 1. The monoisotopic (exact) mass is 230 g/mol. The van der Waals surface area contributed by atoms with Crippen molar-refractivity contribution in [3.05, 3.63) is 28.2 Å². The van der Waals surface area contributed by atoms with E-state index in [-0.39, 0.29) is 0 Å². The second kappa shape index (κ2) is 4.48. The van der Waals surface area contributed by atoms with Gasteiger partial charge in [0.05, 0.1) is 14.2 Å². The summed E-state index contributed by atoms with van der Waals surface area (Å²) in [7, 11) is 3.74. The molecule has 0 heterocycles. The Hall–Kier alpha value is -0.540. The lowest BCUT2D eigenvalue weighted by Crippen LogP contribution is -2.77. The van der Waals surface area contributed by atoms with Crippen LogP contribution in [0, 0.1) is 0 Å². The van der Waals surface area contributed by atoms with Crippen molar-refractivity contribution in [3.8, 4) is 5.75 Å². The second-order valence-corrected chi connectivity index (χ2v) is 3.48. The van der Waals surface area contributed by atoms with E-state index < -0.39 is 0 Å². The molecule has 3 heteroatoms. The van der Waals surface area contributed by atoms with Crippen molar-refractivity contribution in [2.45, 2.75) is 6.54 Å². The Morgan fingerprint density at radius 1 is 1.50 bits per heavy atom. The summed E-state index contributed by atoms with van der Waals surface area (Å²) in [6, 6.07) is 6.04. The van der Waals surface area contributed by atoms with Crippen molar-refractivity contribution in [2.75, 3.05) is 14.2 Å². The lowest BCUT2D eigenvalue weighted by molar-refractivity contribution is -0.643. The number of halogens is 1. The molecule has 2 N–H and O–H groups in total. The molecule has 2 nitrogen and oxygen atoms in total. The molecule has 0 bridgehead atoms. The number of quaternary nitrogens is 1. The topological polar surface area (TPSA) is 25.8 Å². The van der Waals surface area contributed by atoms with Gasteiger partial charge in [0.2, 0.25) is 0 Å². The van der Waals surface area contributed by atoms with Crippen molar-refractivity contribution in [2.24, 2.45) is 0 Å². The fraction of sp³-hybridized carbons (Fsp3) is 0.333. The van der Waals surface area contributed by atoms with Crippen LogP contribution in [0.4, 0.5) is 0 Å². The molecular formula is C9H13BrNO+. The number of methoxy groups -OCH3 is 1. The van der Waals surface area contributed by atoms with Gasteiger partial charge in [-0.1, -0.05) is 15.9 Å². The van der Waals surface area contributed by atoms with Gasteiger partial charge in [0.15, 0.2) is 0 Å². The van der Waals surface area contributed by atoms with Gasteiger partial charge in [-0.2, -0.15) is 0 Å². The van der Waals surface area contributed by atoms with E-state index in [0.717, 1.165) is 16.8 Å². The third-order valence-corrected chi connectivity index (χ3v) is 2.16. The normalized spacial score (nSPS) is 9.92. The Bertz CT molecular complexity index is 263. The third kappa shape index (κ3) is 2.22. The van der Waals surface area contributed by atoms with Gasteiger partial charge >= 0.3 is 0 Å². The summed E-state index contributed by atoms with van der Waals surface area (Å²) in [6.07, 6.45) is 0. The SMILES string of the molecule is C[NH2+]Cc1cc(Br)ccc1OC. The quantitative estimate of drug-likeness (QED) is 0.829. The van der Waals surface area contributed by atoms with Gasteiger partial charge in [-0.25, -0.2) is 0 Å². The molecule has 0 spiro atoms. The Labute approximate surface area is 81.1 Å². The van der Waals surface area contributed by atoms with Crippen LogP contribution in [-0.4, -0.2) is 14.2 Å². The largest absolute Gasteiger partial charge is 0.496 e. The second-order valence-electron chi connectivity index (χ2n) is 2.57. The predicted molar refractivity (Wildman–Crippen MR) is 52.2 cm³/mol. The fourth-order valence-electron chi connectivity index (χ4n) is 1.13. The van der Waals surface area contributed by atoms with Gasteiger partial charge in [-0.3, -0.25) is 0 Å². The lowest BCUT2D eigenvalue weighted by atomic mass is 10.2. The standard InChI is InChI=1S/C9H12BrNO/c1-11-6-7-5-8(10)3-4-9(7)12-2/h3-5,11H,6H2,1-2H3/p+1. The molecule has 0 aromatic heterocycles. The third-order valence-electron chi connectivity index (χ3n) is 1.67. The molecule has 0 saturated carbocycles. The highest BCUT2D eigenvalue weighted by atomic mass is 79.9. The van der Waals surface area contributed by atoms with Crippen LogP contribution in [-0.2, 0) is 6.54 Å². The first-order valence-electron chi connectivity index (χ1n) is 3.88. The Balaban J connectivity index is 2.95. The van der Waals surface area contributed by atoms with Crippen LogP contribution in [0.25, 0.3) is 0 Å². The molecular weight excluding hydrogens is 218 g/mol. The summed E-state index contributed by atoms with van der Waals surface area (Å²) >= 11 is 3.43. The van der Waals surface area contributed by atoms with Crippen LogP contribution in [0.2, 0.25) is 0 Å². The van der Waals surface area contributed by atoms with E-state index in [9.17, 15) is 0 Å². The van der Waals surface area contributed by atoms with Crippen LogP contribution >= 0.6 is 15.9 Å². The van der Waals surface area contributed by atoms with Gasteiger partial charge in [0, 0.05) is 10.0 Å². The predicted octanol–water partition coefficient (Wildman–Crippen LogP) is 1.15. The first-order chi connectivity index (χ1) is 5.77. The van der Waals surface area contributed by atoms with Crippen molar-refractivity contribution < 1.29 is 10.1 Å². The van der Waals surface area contributed by atoms with E-state index in [0.29, 0.717) is 0 Å². The number of hydrogen-bond donors (Lipinski definition) is 1. The van der Waals surface area contributed by atoms with Crippen molar-refractivity contribution in [1.82, 2.24) is 0 Å². The maximum atomic E-state index is 5.21. The molecule has 0 saturated heterocycles. The highest BCUT2D eigenvalue weighted by Crippen LogP contribution is 2.21. The Kier molecular flexibility index (Phi) is 3.56. The van der Waals surface area contributed by atoms with Crippen LogP contribution in [0.15, 0.2) is 22.7 Å². The average Bonchev–Trinajstić information content (AvgIpc) is 2.05. The van der Waals surface area contributed by atoms with E-state index >= 15 is 0 Å². The summed E-state index contributed by atoms with van der Waals surface area (Å²) in [5.41, 5.74) is 1.22. The summed E-state index contributed by atoms with van der Waals surface area (Å²) in [4.78, 5) is 0. The molecule has 0 amide bonds. The zero-order chi connectivity index (χ0) is 8.97. The number of hydrogen-bond acceptors (Lipinski definition) is 1. The molecule has 12 heavy (non-hydrogen) atoms. The zero-order valence-electron chi connectivity index (χ0n) is 7.30. The zero-order valence-corrected chi connectivity index (χ0v) is 8.89. The van der Waals surface area contributed by atoms with Gasteiger partial charge in [-0.15, -0.1) is 0 Å². The van der Waals surface area contributed by atoms with E-state index in [1.165, 1.54) is 5.56 Å². The van der Waals surface area contributed by atoms with Crippen LogP contribution in [0.5, 0.6) is 5.75 Å². The average molecular weight is 231 g/mol. The van der Waals surface area contributed by atoms with E-state index in [1.807, 2.05) is 19.2 Å². The minimum atomic E-state index is 0.947. The maximum Gasteiger partial charge on any atom is 0.127 e. The molecule has 0 atom stereocenters. The number of rotatable bonds is 3. The minimum absolute atomic E-state index is 0.947. The van der Waals surface area contributed by atoms with Crippen molar-refractivity contribution in [1.29, 1.82) is 0 Å². The molecule has 1 rings (SSSR count). The summed E-state index contributed by atoms with van der Waals surface area (Å²) < 4.78 is 6.31. The Morgan fingerprint density at radius 2 is 2.25 bits per heavy atom. The Morgan fingerprint density at radius 3 is 2.83 bits per heavy atom. The fourth-order valence-corrected chi connectivity index (χ4v) is 1.54. The molecule has 0 aliphatic carbocycles. The molecule has 66 valence electrons. The van der Waals surface area contributed by atoms with Crippen molar-refractivity contribution >= 4 is 15.9 Å². The minimum Gasteiger partial charge on any atom is -0.496 e. The lowest BCUT2D eigenvalue weighted by Gasteiger charge is -2.06. The van der Waals surface area contributed by atoms with Gasteiger partial charge in [0.1, 0.15) is 12.3 Å². The summed E-state index contributed by atoms with van der Waals surface area (Å²) in [6.45, 7) is 0.947. The van der Waals surface area contributed by atoms with Gasteiger partial charge < -0.3 is 10.1 Å². The van der Waals surface area contributed by atoms with Crippen molar-refractivity contribution in [3.63, 3.8) is 0 Å². The molecule has 0 aliphatic rings. The molecule has 0 unspecified atom stereocenters. The molecule has 0 aliphatic heterocycles. The smallest absolute Gasteiger partial charge is 0.127 e. The van der Waals surface area contributed by atoms with E-state index in [2.05, 4.69) is 27.3 Å². The maximum absolute atomic E-state index is 5.21. The van der Waals surface area contributed by atoms with Crippen LogP contribution in [0.3, 0.4) is 0 Å². The highest BCUT2D eigenvalue weighted by Gasteiger charge is 2.03. The first kappa shape index (κ1) is 9.55. The van der Waals surface area contributed by atoms with E-state index in [1.54, 1.807) is 7.11 Å². The molecule has 1 aromatic carbocycles. The van der Waals surface area contributed by atoms with Gasteiger partial charge in [-0.05, 0) is 18.2 Å². The summed E-state index contributed by atoms with van der Waals surface area (Å²) in [5.74, 6) is 0.955. The first-order valence-corrected chi connectivity index (χ1v) is 4.67. The highest BCUT2D eigenvalue weighted by molar-refractivity contribution is 9.10. The number of ether oxygens (including phenoxy) is 1. The summed E-state index contributed by atoms with van der Waals surface area (Å²) in [5, 5.41) is 2.12. The van der Waals surface area contributed by atoms with Crippen LogP contribution in [0.1, 0.15) is 5.56 Å². The molecule has 0 fully saturated rings. The van der Waals surface area contributed by atoms with Crippen LogP contribution < -0.4 is 10.1 Å². The molecule has 1 aromatic rings. The van der Waals surface area contributed by atoms with E-state index in [4.69, 9.17) is 4.74 Å². The van der Waals surface area contributed by atoms with Gasteiger partial charge in [0.25, 0.3) is 0 Å².